The molecule has 0 atom stereocenters. The van der Waals surface area contributed by atoms with Crippen LogP contribution in [0.15, 0.2) is 60.7 Å². The number of hydrogen-bond donors (Lipinski definition) is 2. The van der Waals surface area contributed by atoms with Crippen molar-refractivity contribution in [3.8, 4) is 11.5 Å². The lowest BCUT2D eigenvalue weighted by Gasteiger charge is -2.12. The van der Waals surface area contributed by atoms with E-state index in [9.17, 15) is 14.7 Å². The molecule has 0 aliphatic carbocycles. The Balaban J connectivity index is 1.39. The second kappa shape index (κ2) is 16.2. The highest BCUT2D eigenvalue weighted by Crippen LogP contribution is 2.21. The number of rotatable bonds is 18. The van der Waals surface area contributed by atoms with Crippen LogP contribution in [0.4, 0.5) is 0 Å². The minimum absolute atomic E-state index is 0.00992. The number of pyridine rings is 1. The molecule has 0 spiro atoms. The predicted molar refractivity (Wildman–Crippen MR) is 151 cm³/mol. The van der Waals surface area contributed by atoms with Crippen LogP contribution < -0.4 is 9.47 Å². The van der Waals surface area contributed by atoms with Crippen LogP contribution in [0.2, 0.25) is 0 Å². The van der Waals surface area contributed by atoms with Crippen molar-refractivity contribution in [3.05, 3.63) is 88.7 Å². The summed E-state index contributed by atoms with van der Waals surface area (Å²) in [6.45, 7) is 0.578. The number of aryl methyl sites for hydroxylation is 4. The SMILES string of the molecule is COc1ccc(CCCCCCCCOc2ccc(CCc3cccc(C(=O)O)c3)nc2CCC(=O)O)cc1. The zero-order valence-electron chi connectivity index (χ0n) is 22.7. The van der Waals surface area contributed by atoms with Gasteiger partial charge in [0, 0.05) is 12.1 Å². The van der Waals surface area contributed by atoms with Gasteiger partial charge in [0.25, 0.3) is 0 Å². The molecule has 3 aromatic rings. The summed E-state index contributed by atoms with van der Waals surface area (Å²) >= 11 is 0. The third kappa shape index (κ3) is 10.8. The Bertz CT molecular complexity index is 1190. The molecule has 0 aliphatic heterocycles. The van der Waals surface area contributed by atoms with Crippen molar-refractivity contribution >= 4 is 11.9 Å². The molecule has 7 heteroatoms. The number of nitrogens with zero attached hydrogens (tertiary/aromatic N) is 1. The smallest absolute Gasteiger partial charge is 0.335 e. The molecule has 1 aromatic heterocycles. The number of ether oxygens (including phenoxy) is 2. The van der Waals surface area contributed by atoms with Gasteiger partial charge in [0.15, 0.2) is 0 Å². The van der Waals surface area contributed by atoms with Gasteiger partial charge in [-0.1, -0.05) is 49.9 Å². The van der Waals surface area contributed by atoms with Crippen molar-refractivity contribution in [2.75, 3.05) is 13.7 Å². The van der Waals surface area contributed by atoms with E-state index in [1.807, 2.05) is 30.3 Å². The zero-order chi connectivity index (χ0) is 27.9. The van der Waals surface area contributed by atoms with Crippen LogP contribution in [0.3, 0.4) is 0 Å². The van der Waals surface area contributed by atoms with Crippen molar-refractivity contribution < 1.29 is 29.3 Å². The molecule has 0 fully saturated rings. The van der Waals surface area contributed by atoms with E-state index >= 15 is 0 Å². The fourth-order valence-electron chi connectivity index (χ4n) is 4.45. The molecule has 0 aliphatic rings. The average molecular weight is 534 g/mol. The third-order valence-corrected chi connectivity index (χ3v) is 6.69. The van der Waals surface area contributed by atoms with Crippen LogP contribution in [0.25, 0.3) is 0 Å². The largest absolute Gasteiger partial charge is 0.497 e. The second-order valence-corrected chi connectivity index (χ2v) is 9.71. The molecule has 0 saturated heterocycles. The van der Waals surface area contributed by atoms with E-state index in [0.717, 1.165) is 42.7 Å². The second-order valence-electron chi connectivity index (χ2n) is 9.71. The number of methoxy groups -OCH3 is 1. The van der Waals surface area contributed by atoms with Crippen molar-refractivity contribution in [2.45, 2.75) is 70.6 Å². The van der Waals surface area contributed by atoms with Gasteiger partial charge in [0.05, 0.1) is 31.4 Å². The van der Waals surface area contributed by atoms with E-state index in [-0.39, 0.29) is 12.0 Å². The number of carboxylic acid groups (broad SMARTS) is 2. The quantitative estimate of drug-likeness (QED) is 0.179. The highest BCUT2D eigenvalue weighted by Gasteiger charge is 2.11. The molecular weight excluding hydrogens is 494 g/mol. The van der Waals surface area contributed by atoms with Crippen molar-refractivity contribution in [3.63, 3.8) is 0 Å². The van der Waals surface area contributed by atoms with E-state index in [1.165, 1.54) is 24.8 Å². The zero-order valence-corrected chi connectivity index (χ0v) is 22.7. The summed E-state index contributed by atoms with van der Waals surface area (Å²) in [7, 11) is 1.68. The summed E-state index contributed by atoms with van der Waals surface area (Å²) in [6.07, 6.45) is 9.44. The highest BCUT2D eigenvalue weighted by atomic mass is 16.5. The first kappa shape index (κ1) is 29.7. The maximum Gasteiger partial charge on any atom is 0.335 e. The standard InChI is InChI=1S/C32H39NO6/c1-38-28-17-13-24(14-18-28)9-6-4-2-3-5-7-22-39-30-20-16-27(33-29(30)19-21-31(34)35)15-12-25-10-8-11-26(23-25)32(36)37/h8,10-11,13-14,16-18,20,23H,2-7,9,12,15,19,21-22H2,1H3,(H,34,35)(H,36,37). The molecule has 3 rings (SSSR count). The van der Waals surface area contributed by atoms with Gasteiger partial charge in [-0.05, 0) is 79.6 Å². The van der Waals surface area contributed by atoms with Gasteiger partial charge in [0.2, 0.25) is 0 Å². The van der Waals surface area contributed by atoms with Crippen LogP contribution in [-0.4, -0.2) is 40.9 Å². The Kier molecular flexibility index (Phi) is 12.3. The Hall–Kier alpha value is -3.87. The first-order chi connectivity index (χ1) is 18.9. The summed E-state index contributed by atoms with van der Waals surface area (Å²) in [5.74, 6) is -0.280. The molecule has 0 radical (unpaired) electrons. The summed E-state index contributed by atoms with van der Waals surface area (Å²) in [6, 6.07) is 18.9. The number of carboxylic acids is 2. The molecule has 39 heavy (non-hydrogen) atoms. The van der Waals surface area contributed by atoms with E-state index in [4.69, 9.17) is 14.6 Å². The van der Waals surface area contributed by atoms with Crippen LogP contribution in [-0.2, 0) is 30.5 Å². The summed E-state index contributed by atoms with van der Waals surface area (Å²) in [5.41, 5.74) is 4.02. The number of aromatic nitrogens is 1. The van der Waals surface area contributed by atoms with Crippen LogP contribution in [0, 0.1) is 0 Å². The average Bonchev–Trinajstić information content (AvgIpc) is 2.95. The summed E-state index contributed by atoms with van der Waals surface area (Å²) in [4.78, 5) is 27.1. The van der Waals surface area contributed by atoms with Crippen LogP contribution in [0.1, 0.15) is 77.8 Å². The van der Waals surface area contributed by atoms with Gasteiger partial charge in [0.1, 0.15) is 11.5 Å². The van der Waals surface area contributed by atoms with Crippen LogP contribution in [0.5, 0.6) is 11.5 Å². The lowest BCUT2D eigenvalue weighted by molar-refractivity contribution is -0.137. The molecule has 2 N–H and O–H groups in total. The molecule has 2 aromatic carbocycles. The number of carbonyl (C=O) groups is 2. The number of aliphatic carboxylic acids is 1. The molecule has 0 saturated carbocycles. The minimum Gasteiger partial charge on any atom is -0.497 e. The molecular formula is C32H39NO6. The lowest BCUT2D eigenvalue weighted by atomic mass is 10.0. The third-order valence-electron chi connectivity index (χ3n) is 6.69. The van der Waals surface area contributed by atoms with Crippen LogP contribution >= 0.6 is 0 Å². The fraction of sp³-hybridized carbons (Fsp3) is 0.406. The van der Waals surface area contributed by atoms with Crippen molar-refractivity contribution in [2.24, 2.45) is 0 Å². The maximum absolute atomic E-state index is 11.2. The predicted octanol–water partition coefficient (Wildman–Crippen LogP) is 6.55. The normalized spacial score (nSPS) is 10.8. The Morgan fingerprint density at radius 3 is 2.23 bits per heavy atom. The first-order valence-corrected chi connectivity index (χ1v) is 13.7. The van der Waals surface area contributed by atoms with Gasteiger partial charge in [-0.25, -0.2) is 4.79 Å². The molecule has 208 valence electrons. The van der Waals surface area contributed by atoms with E-state index in [2.05, 4.69) is 17.1 Å². The first-order valence-electron chi connectivity index (χ1n) is 13.7. The number of hydrogen-bond acceptors (Lipinski definition) is 5. The monoisotopic (exact) mass is 533 g/mol. The lowest BCUT2D eigenvalue weighted by Crippen LogP contribution is -2.07. The topological polar surface area (TPSA) is 106 Å². The Morgan fingerprint density at radius 2 is 1.51 bits per heavy atom. The Morgan fingerprint density at radius 1 is 0.769 bits per heavy atom. The van der Waals surface area contributed by atoms with E-state index < -0.39 is 11.9 Å². The van der Waals surface area contributed by atoms with Crippen molar-refractivity contribution in [1.29, 1.82) is 0 Å². The van der Waals surface area contributed by atoms with E-state index in [1.54, 1.807) is 25.3 Å². The molecule has 7 nitrogen and oxygen atoms in total. The summed E-state index contributed by atoms with van der Waals surface area (Å²) < 4.78 is 11.2. The molecule has 1 heterocycles. The maximum atomic E-state index is 11.2. The highest BCUT2D eigenvalue weighted by molar-refractivity contribution is 5.87. The number of unbranched alkanes of at least 4 members (excludes halogenated alkanes) is 5. The fourth-order valence-corrected chi connectivity index (χ4v) is 4.45. The summed E-state index contributed by atoms with van der Waals surface area (Å²) in [5, 5.41) is 18.4. The van der Waals surface area contributed by atoms with Gasteiger partial charge in [-0.15, -0.1) is 0 Å². The minimum atomic E-state index is -0.947. The van der Waals surface area contributed by atoms with Crippen molar-refractivity contribution in [1.82, 2.24) is 4.98 Å². The Labute approximate surface area is 230 Å². The molecule has 0 amide bonds. The number of aromatic carboxylic acids is 1. The van der Waals surface area contributed by atoms with Gasteiger partial charge in [-0.2, -0.15) is 0 Å². The van der Waals surface area contributed by atoms with Gasteiger partial charge < -0.3 is 19.7 Å². The van der Waals surface area contributed by atoms with Gasteiger partial charge in [-0.3, -0.25) is 9.78 Å². The van der Waals surface area contributed by atoms with E-state index in [0.29, 0.717) is 37.3 Å². The molecule has 0 bridgehead atoms. The van der Waals surface area contributed by atoms with Gasteiger partial charge >= 0.3 is 11.9 Å². The molecule has 0 unspecified atom stereocenters. The number of benzene rings is 2.